The van der Waals surface area contributed by atoms with Crippen LogP contribution in [0.1, 0.15) is 15.9 Å². The van der Waals surface area contributed by atoms with Crippen LogP contribution in [0.5, 0.6) is 5.75 Å². The highest BCUT2D eigenvalue weighted by Gasteiger charge is 2.25. The van der Waals surface area contributed by atoms with Gasteiger partial charge in [-0.3, -0.25) is 9.59 Å². The Kier molecular flexibility index (Phi) is 5.68. The van der Waals surface area contributed by atoms with E-state index in [0.29, 0.717) is 42.8 Å². The van der Waals surface area contributed by atoms with Gasteiger partial charge in [-0.05, 0) is 29.8 Å². The SMILES string of the molecule is COc1cccc(CC(=O)N2CCN(C(=O)c3ccc[nH]c3=S)CC2)c1. The smallest absolute Gasteiger partial charge is 0.256 e. The molecule has 1 aromatic carbocycles. The van der Waals surface area contributed by atoms with E-state index in [1.54, 1.807) is 35.2 Å². The molecule has 136 valence electrons. The molecule has 1 aliphatic rings. The molecule has 0 saturated carbocycles. The Morgan fingerprint density at radius 3 is 2.54 bits per heavy atom. The molecule has 0 radical (unpaired) electrons. The van der Waals surface area contributed by atoms with E-state index in [2.05, 4.69) is 4.98 Å². The second kappa shape index (κ2) is 8.14. The quantitative estimate of drug-likeness (QED) is 0.838. The van der Waals surface area contributed by atoms with Gasteiger partial charge in [-0.15, -0.1) is 0 Å². The van der Waals surface area contributed by atoms with E-state index in [1.807, 2.05) is 24.3 Å². The maximum absolute atomic E-state index is 12.6. The number of hydrogen-bond donors (Lipinski definition) is 1. The maximum Gasteiger partial charge on any atom is 0.256 e. The molecule has 1 N–H and O–H groups in total. The molecule has 2 heterocycles. The van der Waals surface area contributed by atoms with Gasteiger partial charge in [-0.25, -0.2) is 0 Å². The van der Waals surface area contributed by atoms with Gasteiger partial charge >= 0.3 is 0 Å². The lowest BCUT2D eigenvalue weighted by Crippen LogP contribution is -2.51. The Bertz CT molecular complexity index is 857. The lowest BCUT2D eigenvalue weighted by atomic mass is 10.1. The number of aromatic amines is 1. The van der Waals surface area contributed by atoms with Crippen molar-refractivity contribution in [1.82, 2.24) is 14.8 Å². The standard InChI is InChI=1S/C19H21N3O3S/c1-25-15-5-2-4-14(12-15)13-17(23)21-8-10-22(11-9-21)19(24)16-6-3-7-20-18(16)26/h2-7,12H,8-11,13H2,1H3,(H,20,26). The van der Waals surface area contributed by atoms with Gasteiger partial charge in [0.1, 0.15) is 10.4 Å². The number of rotatable bonds is 4. The predicted molar refractivity (Wildman–Crippen MR) is 101 cm³/mol. The Labute approximate surface area is 157 Å². The Balaban J connectivity index is 1.58. The molecular weight excluding hydrogens is 350 g/mol. The lowest BCUT2D eigenvalue weighted by molar-refractivity contribution is -0.131. The van der Waals surface area contributed by atoms with Crippen LogP contribution in [-0.2, 0) is 11.2 Å². The van der Waals surface area contributed by atoms with Gasteiger partial charge in [0.25, 0.3) is 5.91 Å². The van der Waals surface area contributed by atoms with Gasteiger partial charge in [0, 0.05) is 32.4 Å². The minimum absolute atomic E-state index is 0.0577. The molecule has 0 spiro atoms. The Morgan fingerprint density at radius 2 is 1.85 bits per heavy atom. The Hall–Kier alpha value is -2.67. The summed E-state index contributed by atoms with van der Waals surface area (Å²) >= 11 is 5.18. The molecule has 3 rings (SSSR count). The third kappa shape index (κ3) is 4.11. The van der Waals surface area contributed by atoms with E-state index in [4.69, 9.17) is 17.0 Å². The van der Waals surface area contributed by atoms with Gasteiger partial charge in [-0.1, -0.05) is 24.4 Å². The minimum atomic E-state index is -0.0910. The summed E-state index contributed by atoms with van der Waals surface area (Å²) in [5.74, 6) is 0.708. The number of nitrogens with one attached hydrogen (secondary N) is 1. The van der Waals surface area contributed by atoms with Crippen LogP contribution in [0.2, 0.25) is 0 Å². The number of H-pyrrole nitrogens is 1. The molecule has 1 saturated heterocycles. The molecule has 0 unspecified atom stereocenters. The molecule has 26 heavy (non-hydrogen) atoms. The number of methoxy groups -OCH3 is 1. The summed E-state index contributed by atoms with van der Waals surface area (Å²) in [7, 11) is 1.61. The van der Waals surface area contributed by atoms with Crippen molar-refractivity contribution in [3.8, 4) is 5.75 Å². The number of amides is 2. The number of aromatic nitrogens is 1. The first-order chi connectivity index (χ1) is 12.6. The highest BCUT2D eigenvalue weighted by atomic mass is 32.1. The summed E-state index contributed by atoms with van der Waals surface area (Å²) in [5.41, 5.74) is 1.42. The fourth-order valence-electron chi connectivity index (χ4n) is 2.99. The summed E-state index contributed by atoms with van der Waals surface area (Å²) in [6, 6.07) is 11.0. The summed E-state index contributed by atoms with van der Waals surface area (Å²) < 4.78 is 5.63. The molecule has 1 aromatic heterocycles. The first kappa shape index (κ1) is 18.1. The molecule has 1 fully saturated rings. The van der Waals surface area contributed by atoms with Crippen LogP contribution in [0.25, 0.3) is 0 Å². The summed E-state index contributed by atoms with van der Waals surface area (Å²) in [4.78, 5) is 31.5. The van der Waals surface area contributed by atoms with E-state index in [0.717, 1.165) is 11.3 Å². The third-order valence-corrected chi connectivity index (χ3v) is 4.80. The van der Waals surface area contributed by atoms with Crippen LogP contribution in [0, 0.1) is 4.64 Å². The molecule has 2 aromatic rings. The van der Waals surface area contributed by atoms with E-state index < -0.39 is 0 Å². The average Bonchev–Trinajstić information content (AvgIpc) is 2.68. The van der Waals surface area contributed by atoms with Gasteiger partial charge in [0.15, 0.2) is 0 Å². The molecule has 1 aliphatic heterocycles. The van der Waals surface area contributed by atoms with Gasteiger partial charge in [-0.2, -0.15) is 0 Å². The summed E-state index contributed by atoms with van der Waals surface area (Å²) in [5, 5.41) is 0. The van der Waals surface area contributed by atoms with E-state index in [9.17, 15) is 9.59 Å². The number of piperazine rings is 1. The number of nitrogens with zero attached hydrogens (tertiary/aromatic N) is 2. The van der Waals surface area contributed by atoms with Crippen LogP contribution >= 0.6 is 12.2 Å². The fourth-order valence-corrected chi connectivity index (χ4v) is 3.21. The molecule has 6 nitrogen and oxygen atoms in total. The van der Waals surface area contributed by atoms with Crippen LogP contribution in [0.4, 0.5) is 0 Å². The van der Waals surface area contributed by atoms with E-state index >= 15 is 0 Å². The normalized spacial score (nSPS) is 14.2. The number of carbonyl (C=O) groups is 2. The van der Waals surface area contributed by atoms with Crippen molar-refractivity contribution in [3.63, 3.8) is 0 Å². The van der Waals surface area contributed by atoms with Gasteiger partial charge in [0.2, 0.25) is 5.91 Å². The summed E-state index contributed by atoms with van der Waals surface area (Å²) in [6.07, 6.45) is 2.03. The zero-order chi connectivity index (χ0) is 18.5. The molecular formula is C19H21N3O3S. The Morgan fingerprint density at radius 1 is 1.12 bits per heavy atom. The van der Waals surface area contributed by atoms with Crippen molar-refractivity contribution < 1.29 is 14.3 Å². The maximum atomic E-state index is 12.6. The lowest BCUT2D eigenvalue weighted by Gasteiger charge is -2.35. The van der Waals surface area contributed by atoms with E-state index in [-0.39, 0.29) is 11.8 Å². The van der Waals surface area contributed by atoms with Gasteiger partial charge < -0.3 is 19.5 Å². The predicted octanol–water partition coefficient (Wildman–Crippen LogP) is 2.28. The van der Waals surface area contributed by atoms with Crippen molar-refractivity contribution in [2.24, 2.45) is 0 Å². The van der Waals surface area contributed by atoms with Crippen LogP contribution in [0.3, 0.4) is 0 Å². The molecule has 0 aliphatic carbocycles. The first-order valence-corrected chi connectivity index (χ1v) is 8.87. The molecule has 0 bridgehead atoms. The largest absolute Gasteiger partial charge is 0.497 e. The molecule has 2 amide bonds. The highest BCUT2D eigenvalue weighted by Crippen LogP contribution is 2.15. The zero-order valence-corrected chi connectivity index (χ0v) is 15.4. The summed E-state index contributed by atoms with van der Waals surface area (Å²) in [6.45, 7) is 2.06. The van der Waals surface area contributed by atoms with Gasteiger partial charge in [0.05, 0.1) is 19.1 Å². The van der Waals surface area contributed by atoms with Crippen molar-refractivity contribution >= 4 is 24.0 Å². The number of carbonyl (C=O) groups excluding carboxylic acids is 2. The second-order valence-electron chi connectivity index (χ2n) is 6.11. The van der Waals surface area contributed by atoms with Crippen molar-refractivity contribution in [3.05, 3.63) is 58.4 Å². The number of pyridine rings is 1. The highest BCUT2D eigenvalue weighted by molar-refractivity contribution is 7.71. The van der Waals surface area contributed by atoms with Crippen molar-refractivity contribution in [2.45, 2.75) is 6.42 Å². The van der Waals surface area contributed by atoms with Crippen LogP contribution in [-0.4, -0.2) is 59.9 Å². The first-order valence-electron chi connectivity index (χ1n) is 8.46. The second-order valence-corrected chi connectivity index (χ2v) is 6.52. The number of hydrogen-bond acceptors (Lipinski definition) is 4. The van der Waals surface area contributed by atoms with Crippen molar-refractivity contribution in [1.29, 1.82) is 0 Å². The molecule has 7 heteroatoms. The zero-order valence-electron chi connectivity index (χ0n) is 14.6. The third-order valence-electron chi connectivity index (χ3n) is 4.46. The monoisotopic (exact) mass is 371 g/mol. The number of benzene rings is 1. The van der Waals surface area contributed by atoms with E-state index in [1.165, 1.54) is 0 Å². The van der Waals surface area contributed by atoms with Crippen LogP contribution in [0.15, 0.2) is 42.6 Å². The minimum Gasteiger partial charge on any atom is -0.497 e. The topological polar surface area (TPSA) is 65.6 Å². The number of ether oxygens (including phenoxy) is 1. The average molecular weight is 371 g/mol. The van der Waals surface area contributed by atoms with Crippen molar-refractivity contribution in [2.75, 3.05) is 33.3 Å². The van der Waals surface area contributed by atoms with Crippen LogP contribution < -0.4 is 4.74 Å². The fraction of sp³-hybridized carbons (Fsp3) is 0.316. The molecule has 0 atom stereocenters.